The highest BCUT2D eigenvalue weighted by atomic mass is 127. The molecule has 38 heavy (non-hydrogen) atoms. The molecule has 4 aromatic carbocycles. The van der Waals surface area contributed by atoms with Gasteiger partial charge < -0.3 is 8.83 Å². The van der Waals surface area contributed by atoms with E-state index in [1.165, 1.54) is 18.2 Å². The van der Waals surface area contributed by atoms with Crippen LogP contribution in [0.2, 0.25) is 0 Å². The number of rotatable bonds is 2. The molecule has 1 N–H and O–H groups in total. The van der Waals surface area contributed by atoms with Gasteiger partial charge in [-0.2, -0.15) is 8.42 Å². The second-order valence-electron chi connectivity index (χ2n) is 8.52. The van der Waals surface area contributed by atoms with Gasteiger partial charge in [0.1, 0.15) is 16.7 Å². The number of para-hydroxylation sites is 1. The summed E-state index contributed by atoms with van der Waals surface area (Å²) in [7, 11) is -4.02. The Morgan fingerprint density at radius 1 is 0.763 bits per heavy atom. The van der Waals surface area contributed by atoms with Crippen molar-refractivity contribution in [1.82, 2.24) is 0 Å². The van der Waals surface area contributed by atoms with Crippen molar-refractivity contribution in [2.75, 3.05) is 0 Å². The van der Waals surface area contributed by atoms with Crippen LogP contribution in [0.4, 0.5) is 0 Å². The molecule has 0 aliphatic rings. The summed E-state index contributed by atoms with van der Waals surface area (Å²) < 4.78 is 41.8. The fourth-order valence-electron chi connectivity index (χ4n) is 4.07. The summed E-state index contributed by atoms with van der Waals surface area (Å²) in [5.74, 6) is 0. The Labute approximate surface area is 230 Å². The third kappa shape index (κ3) is 5.13. The molecule has 0 unspecified atom stereocenters. The zero-order valence-electron chi connectivity index (χ0n) is 19.8. The van der Waals surface area contributed by atoms with Crippen LogP contribution in [0.3, 0.4) is 0 Å². The standard InChI is InChI=1S/C22H11IO4.C7H8O3S/c23-15-8-9-17-21(22(25)14-3-1-2-4-16(14)26-17)20(15)13-6-5-12-7-10-19(24)27-18(12)11-13;1-6-2-4-7(5-3-6)11(8,9)10/h1-11H;2-5H,1H3,(H,8,9,10). The molecule has 0 radical (unpaired) electrons. The van der Waals surface area contributed by atoms with Crippen LogP contribution < -0.4 is 11.1 Å². The lowest BCUT2D eigenvalue weighted by Gasteiger charge is -2.10. The predicted octanol–water partition coefficient (Wildman–Crippen LogP) is 6.57. The highest BCUT2D eigenvalue weighted by Gasteiger charge is 2.16. The van der Waals surface area contributed by atoms with E-state index in [-0.39, 0.29) is 10.3 Å². The average Bonchev–Trinajstić information content (AvgIpc) is 2.89. The van der Waals surface area contributed by atoms with Crippen molar-refractivity contribution in [3.63, 3.8) is 0 Å². The summed E-state index contributed by atoms with van der Waals surface area (Å²) in [4.78, 5) is 24.7. The van der Waals surface area contributed by atoms with E-state index in [0.29, 0.717) is 27.5 Å². The van der Waals surface area contributed by atoms with E-state index in [1.807, 2.05) is 43.3 Å². The maximum absolute atomic E-state index is 13.2. The number of benzene rings is 4. The first-order valence-corrected chi connectivity index (χ1v) is 13.9. The third-order valence-electron chi connectivity index (χ3n) is 5.93. The summed E-state index contributed by atoms with van der Waals surface area (Å²) in [6.45, 7) is 1.84. The van der Waals surface area contributed by atoms with E-state index >= 15 is 0 Å². The lowest BCUT2D eigenvalue weighted by atomic mass is 9.99. The van der Waals surface area contributed by atoms with Gasteiger partial charge in [0.25, 0.3) is 10.1 Å². The maximum atomic E-state index is 13.2. The molecule has 0 saturated heterocycles. The third-order valence-corrected chi connectivity index (χ3v) is 7.69. The molecule has 6 rings (SSSR count). The summed E-state index contributed by atoms with van der Waals surface area (Å²) in [5.41, 5.74) is 3.63. The van der Waals surface area contributed by atoms with E-state index < -0.39 is 15.7 Å². The molecule has 6 aromatic rings. The molecule has 7 nitrogen and oxygen atoms in total. The van der Waals surface area contributed by atoms with Crippen LogP contribution in [-0.4, -0.2) is 13.0 Å². The smallest absolute Gasteiger partial charge is 0.336 e. The Bertz CT molecular complexity index is 2060. The Morgan fingerprint density at radius 2 is 1.47 bits per heavy atom. The van der Waals surface area contributed by atoms with Gasteiger partial charge in [-0.25, -0.2) is 4.79 Å². The number of hydrogen-bond donors (Lipinski definition) is 1. The summed E-state index contributed by atoms with van der Waals surface area (Å²) >= 11 is 2.21. The van der Waals surface area contributed by atoms with Gasteiger partial charge >= 0.3 is 5.63 Å². The second-order valence-corrected chi connectivity index (χ2v) is 11.1. The molecule has 2 aromatic heterocycles. The fourth-order valence-corrected chi connectivity index (χ4v) is 5.31. The molecule has 0 spiro atoms. The van der Waals surface area contributed by atoms with Gasteiger partial charge in [-0.15, -0.1) is 0 Å². The maximum Gasteiger partial charge on any atom is 0.336 e. The lowest BCUT2D eigenvalue weighted by Crippen LogP contribution is -2.05. The quantitative estimate of drug-likeness (QED) is 0.0988. The zero-order valence-corrected chi connectivity index (χ0v) is 22.8. The molecule has 0 aliphatic heterocycles. The van der Waals surface area contributed by atoms with Gasteiger partial charge in [0.2, 0.25) is 5.43 Å². The summed E-state index contributed by atoms with van der Waals surface area (Å²) in [6, 6.07) is 25.7. The fraction of sp³-hybridized carbons (Fsp3) is 0.0345. The van der Waals surface area contributed by atoms with Gasteiger partial charge in [-0.1, -0.05) is 42.0 Å². The van der Waals surface area contributed by atoms with Crippen LogP contribution >= 0.6 is 22.6 Å². The van der Waals surface area contributed by atoms with Crippen molar-refractivity contribution in [2.24, 2.45) is 0 Å². The van der Waals surface area contributed by atoms with Crippen LogP contribution in [0, 0.1) is 10.5 Å². The topological polar surface area (TPSA) is 115 Å². The molecule has 0 aliphatic carbocycles. The van der Waals surface area contributed by atoms with Crippen molar-refractivity contribution >= 4 is 65.6 Å². The molecule has 0 saturated carbocycles. The minimum atomic E-state index is -4.02. The molecular formula is C29H19IO7S. The molecule has 0 amide bonds. The highest BCUT2D eigenvalue weighted by Crippen LogP contribution is 2.34. The van der Waals surface area contributed by atoms with Crippen molar-refractivity contribution in [3.05, 3.63) is 121 Å². The molecular weight excluding hydrogens is 619 g/mol. The normalized spacial score (nSPS) is 11.4. The molecule has 2 heterocycles. The molecule has 0 bridgehead atoms. The van der Waals surface area contributed by atoms with Gasteiger partial charge in [0.05, 0.1) is 15.7 Å². The Morgan fingerprint density at radius 3 is 2.21 bits per heavy atom. The number of halogens is 1. The van der Waals surface area contributed by atoms with Gasteiger partial charge in [0, 0.05) is 20.6 Å². The van der Waals surface area contributed by atoms with Crippen LogP contribution in [0.5, 0.6) is 0 Å². The Hall–Kier alpha value is -3.80. The largest absolute Gasteiger partial charge is 0.456 e. The summed E-state index contributed by atoms with van der Waals surface area (Å²) in [6.07, 6.45) is 0. The Balaban J connectivity index is 0.000000226. The minimum Gasteiger partial charge on any atom is -0.456 e. The first-order valence-electron chi connectivity index (χ1n) is 11.3. The first-order chi connectivity index (χ1) is 18.1. The monoisotopic (exact) mass is 638 g/mol. The van der Waals surface area contributed by atoms with E-state index in [2.05, 4.69) is 22.6 Å². The molecule has 190 valence electrons. The van der Waals surface area contributed by atoms with Crippen LogP contribution in [0.15, 0.2) is 114 Å². The van der Waals surface area contributed by atoms with E-state index in [4.69, 9.17) is 13.4 Å². The van der Waals surface area contributed by atoms with E-state index in [1.54, 1.807) is 36.4 Å². The highest BCUT2D eigenvalue weighted by molar-refractivity contribution is 14.1. The number of aryl methyl sites for hydroxylation is 1. The van der Waals surface area contributed by atoms with Crippen LogP contribution in [-0.2, 0) is 10.1 Å². The average molecular weight is 638 g/mol. The summed E-state index contributed by atoms with van der Waals surface area (Å²) in [5, 5.41) is 1.89. The van der Waals surface area contributed by atoms with E-state index in [9.17, 15) is 18.0 Å². The molecule has 0 atom stereocenters. The predicted molar refractivity (Wildman–Crippen MR) is 155 cm³/mol. The van der Waals surface area contributed by atoms with E-state index in [0.717, 1.165) is 25.6 Å². The van der Waals surface area contributed by atoms with Crippen molar-refractivity contribution in [2.45, 2.75) is 11.8 Å². The van der Waals surface area contributed by atoms with Crippen molar-refractivity contribution in [3.8, 4) is 11.1 Å². The lowest BCUT2D eigenvalue weighted by molar-refractivity contribution is 0.483. The minimum absolute atomic E-state index is 0.0666. The van der Waals surface area contributed by atoms with Crippen LogP contribution in [0.25, 0.3) is 44.0 Å². The number of fused-ring (bicyclic) bond motifs is 3. The zero-order chi connectivity index (χ0) is 27.0. The van der Waals surface area contributed by atoms with Crippen molar-refractivity contribution in [1.29, 1.82) is 0 Å². The van der Waals surface area contributed by atoms with Crippen molar-refractivity contribution < 1.29 is 21.8 Å². The van der Waals surface area contributed by atoms with Gasteiger partial charge in [-0.3, -0.25) is 9.35 Å². The SMILES string of the molecule is Cc1ccc(S(=O)(=O)O)cc1.O=c1ccc2ccc(-c3c(I)ccc4oc5ccccc5c(=O)c34)cc2o1. The second kappa shape index (κ2) is 10.2. The molecule has 9 heteroatoms. The number of hydrogen-bond acceptors (Lipinski definition) is 6. The molecule has 0 fully saturated rings. The van der Waals surface area contributed by atoms with Gasteiger partial charge in [0.15, 0.2) is 0 Å². The first kappa shape index (κ1) is 25.8. The van der Waals surface area contributed by atoms with Crippen LogP contribution in [0.1, 0.15) is 5.56 Å². The van der Waals surface area contributed by atoms with Gasteiger partial charge in [-0.05, 0) is 83.6 Å². The Kier molecular flexibility index (Phi) is 6.91.